The van der Waals surface area contributed by atoms with E-state index in [2.05, 4.69) is 28.6 Å². The topological polar surface area (TPSA) is 62.7 Å². The lowest BCUT2D eigenvalue weighted by molar-refractivity contribution is 0.404. The second kappa shape index (κ2) is 12.4. The third-order valence-electron chi connectivity index (χ3n) is 5.06. The molecule has 0 bridgehead atoms. The van der Waals surface area contributed by atoms with E-state index in [1.807, 2.05) is 43.9 Å². The zero-order valence-electron chi connectivity index (χ0n) is 17.6. The van der Waals surface area contributed by atoms with Gasteiger partial charge in [-0.2, -0.15) is 0 Å². The van der Waals surface area contributed by atoms with Gasteiger partial charge in [0.2, 0.25) is 0 Å². The lowest BCUT2D eigenvalue weighted by Crippen LogP contribution is -2.47. The molecule has 0 amide bonds. The molecule has 158 valence electrons. The summed E-state index contributed by atoms with van der Waals surface area (Å²) in [5, 5.41) is 7.32. The number of hydrogen-bond donors (Lipinski definition) is 2. The fourth-order valence-corrected chi connectivity index (χ4v) is 5.84. The third kappa shape index (κ3) is 7.32. The van der Waals surface area contributed by atoms with E-state index in [-0.39, 0.29) is 0 Å². The predicted molar refractivity (Wildman–Crippen MR) is 122 cm³/mol. The van der Waals surface area contributed by atoms with Crippen LogP contribution in [0.5, 0.6) is 5.75 Å². The number of thioether (sulfide) groups is 1. The van der Waals surface area contributed by atoms with Crippen LogP contribution < -0.4 is 15.4 Å². The number of guanidine groups is 1. The number of nitrogens with zero attached hydrogens (tertiary/aromatic N) is 1. The van der Waals surface area contributed by atoms with Crippen LogP contribution in [0.2, 0.25) is 0 Å². The first-order valence-electron chi connectivity index (χ1n) is 10.2. The largest absolute Gasteiger partial charge is 0.496 e. The third-order valence-corrected chi connectivity index (χ3v) is 8.18. The first-order chi connectivity index (χ1) is 13.6. The van der Waals surface area contributed by atoms with Crippen molar-refractivity contribution in [1.29, 1.82) is 0 Å². The molecule has 7 heteroatoms. The molecule has 4 atom stereocenters. The molecule has 1 aliphatic rings. The minimum Gasteiger partial charge on any atom is -0.496 e. The molecule has 0 aliphatic heterocycles. The van der Waals surface area contributed by atoms with Crippen LogP contribution in [-0.2, 0) is 10.8 Å². The average molecular weight is 426 g/mol. The van der Waals surface area contributed by atoms with Crippen LogP contribution in [-0.4, -0.2) is 53.7 Å². The Kier molecular flexibility index (Phi) is 10.2. The number of aliphatic imine (C=N–C) groups is 1. The lowest BCUT2D eigenvalue weighted by Gasteiger charge is -2.30. The van der Waals surface area contributed by atoms with Gasteiger partial charge < -0.3 is 15.4 Å². The molecule has 0 spiro atoms. The van der Waals surface area contributed by atoms with E-state index in [0.717, 1.165) is 55.4 Å². The smallest absolute Gasteiger partial charge is 0.191 e. The highest BCUT2D eigenvalue weighted by Gasteiger charge is 2.26. The fraction of sp³-hybridized carbons (Fsp3) is 0.667. The van der Waals surface area contributed by atoms with E-state index in [4.69, 9.17) is 4.74 Å². The van der Waals surface area contributed by atoms with E-state index < -0.39 is 10.8 Å². The molecule has 5 nitrogen and oxygen atoms in total. The van der Waals surface area contributed by atoms with Gasteiger partial charge in [0.05, 0.1) is 7.11 Å². The number of rotatable bonds is 9. The number of methoxy groups -OCH3 is 1. The number of hydrogen-bond acceptors (Lipinski definition) is 4. The normalized spacial score (nSPS) is 22.4. The first-order valence-corrected chi connectivity index (χ1v) is 12.5. The monoisotopic (exact) mass is 425 g/mol. The van der Waals surface area contributed by atoms with Crippen molar-refractivity contribution in [3.63, 3.8) is 0 Å². The Labute approximate surface area is 177 Å². The van der Waals surface area contributed by atoms with Crippen molar-refractivity contribution in [2.24, 2.45) is 10.9 Å². The van der Waals surface area contributed by atoms with E-state index in [9.17, 15) is 4.21 Å². The maximum Gasteiger partial charge on any atom is 0.191 e. The molecule has 0 heterocycles. The minimum absolute atomic E-state index is 0.325. The highest BCUT2D eigenvalue weighted by molar-refractivity contribution is 7.99. The molecule has 4 unspecified atom stereocenters. The van der Waals surface area contributed by atoms with Gasteiger partial charge in [0.1, 0.15) is 5.75 Å². The second-order valence-corrected chi connectivity index (χ2v) is 10.4. The first kappa shape index (κ1) is 23.1. The lowest BCUT2D eigenvalue weighted by atomic mass is 9.95. The number of nitrogens with one attached hydrogen (secondary N) is 2. The van der Waals surface area contributed by atoms with Crippen LogP contribution in [0.3, 0.4) is 0 Å². The van der Waals surface area contributed by atoms with Gasteiger partial charge in [0, 0.05) is 52.1 Å². The number of benzene rings is 1. The van der Waals surface area contributed by atoms with Crippen LogP contribution >= 0.6 is 11.8 Å². The van der Waals surface area contributed by atoms with E-state index in [1.165, 1.54) is 4.90 Å². The highest BCUT2D eigenvalue weighted by Crippen LogP contribution is 2.29. The summed E-state index contributed by atoms with van der Waals surface area (Å²) in [6.07, 6.45) is 4.32. The summed E-state index contributed by atoms with van der Waals surface area (Å²) >= 11 is 1.82. The summed E-state index contributed by atoms with van der Waals surface area (Å²) in [5.74, 6) is 4.03. The molecule has 1 fully saturated rings. The Morgan fingerprint density at radius 1 is 1.39 bits per heavy atom. The van der Waals surface area contributed by atoms with Gasteiger partial charge in [-0.3, -0.25) is 9.20 Å². The molecular weight excluding hydrogens is 390 g/mol. The molecule has 0 saturated heterocycles. The summed E-state index contributed by atoms with van der Waals surface area (Å²) in [5.41, 5.74) is 0. The van der Waals surface area contributed by atoms with Crippen molar-refractivity contribution in [2.45, 2.75) is 55.7 Å². The zero-order chi connectivity index (χ0) is 20.4. The Bertz CT molecular complexity index is 654. The number of ether oxygens (including phenoxy) is 1. The molecule has 0 radical (unpaired) electrons. The summed E-state index contributed by atoms with van der Waals surface area (Å²) in [7, 11) is 2.83. The van der Waals surface area contributed by atoms with Crippen molar-refractivity contribution in [3.05, 3.63) is 24.3 Å². The van der Waals surface area contributed by atoms with Crippen LogP contribution in [0.1, 0.15) is 39.5 Å². The zero-order valence-corrected chi connectivity index (χ0v) is 19.2. The molecular formula is C21H35N3O2S2. The van der Waals surface area contributed by atoms with E-state index in [0.29, 0.717) is 17.2 Å². The van der Waals surface area contributed by atoms with Gasteiger partial charge in [0.25, 0.3) is 0 Å². The van der Waals surface area contributed by atoms with Gasteiger partial charge in [-0.05, 0) is 37.3 Å². The molecule has 1 aromatic rings. The highest BCUT2D eigenvalue weighted by atomic mass is 32.2. The summed E-state index contributed by atoms with van der Waals surface area (Å²) < 4.78 is 17.6. The summed E-state index contributed by atoms with van der Waals surface area (Å²) in [6, 6.07) is 8.50. The summed E-state index contributed by atoms with van der Waals surface area (Å²) in [6.45, 7) is 5.11. The van der Waals surface area contributed by atoms with Gasteiger partial charge in [0.15, 0.2) is 5.96 Å². The van der Waals surface area contributed by atoms with Gasteiger partial charge in [-0.1, -0.05) is 32.4 Å². The fourth-order valence-electron chi connectivity index (χ4n) is 3.44. The van der Waals surface area contributed by atoms with Gasteiger partial charge >= 0.3 is 0 Å². The van der Waals surface area contributed by atoms with Gasteiger partial charge in [-0.15, -0.1) is 11.8 Å². The molecule has 28 heavy (non-hydrogen) atoms. The quantitative estimate of drug-likeness (QED) is 0.359. The van der Waals surface area contributed by atoms with E-state index in [1.54, 1.807) is 7.11 Å². The average Bonchev–Trinajstić information content (AvgIpc) is 2.74. The van der Waals surface area contributed by atoms with Crippen molar-refractivity contribution >= 4 is 28.5 Å². The van der Waals surface area contributed by atoms with Crippen LogP contribution in [0.25, 0.3) is 0 Å². The predicted octanol–water partition coefficient (Wildman–Crippen LogP) is 3.67. The molecule has 2 rings (SSSR count). The van der Waals surface area contributed by atoms with Crippen LogP contribution in [0, 0.1) is 5.92 Å². The van der Waals surface area contributed by atoms with Crippen LogP contribution in [0.4, 0.5) is 0 Å². The van der Waals surface area contributed by atoms with Crippen molar-refractivity contribution < 1.29 is 8.95 Å². The van der Waals surface area contributed by atoms with Gasteiger partial charge in [-0.25, -0.2) is 0 Å². The van der Waals surface area contributed by atoms with E-state index >= 15 is 0 Å². The Morgan fingerprint density at radius 2 is 2.18 bits per heavy atom. The van der Waals surface area contributed by atoms with Crippen molar-refractivity contribution in [1.82, 2.24) is 10.6 Å². The minimum atomic E-state index is -0.699. The molecule has 0 aromatic heterocycles. The molecule has 2 N–H and O–H groups in total. The standard InChI is InChI=1S/C21H35N3O2S2/c1-5-28(25)18-10-8-9-17(13-18)24-21(22-3)23-14-16(2)15-27-20-12-7-6-11-19(20)26-4/h6-7,11-12,16-18H,5,8-10,13-15H2,1-4H3,(H2,22,23,24). The SMILES string of the molecule is CCS(=O)C1CCCC(NC(=NC)NCC(C)CSc2ccccc2OC)C1. The summed E-state index contributed by atoms with van der Waals surface area (Å²) in [4.78, 5) is 5.56. The maximum atomic E-state index is 12.1. The number of para-hydroxylation sites is 1. The molecule has 1 aliphatic carbocycles. The Balaban J connectivity index is 1.76. The Morgan fingerprint density at radius 3 is 2.89 bits per heavy atom. The molecule has 1 aromatic carbocycles. The maximum absolute atomic E-state index is 12.1. The molecule has 1 saturated carbocycles. The second-order valence-electron chi connectivity index (χ2n) is 7.32. The van der Waals surface area contributed by atoms with Crippen molar-refractivity contribution in [2.75, 3.05) is 32.2 Å². The van der Waals surface area contributed by atoms with Crippen LogP contribution in [0.15, 0.2) is 34.2 Å². The Hall–Kier alpha value is -1.21. The van der Waals surface area contributed by atoms with Crippen molar-refractivity contribution in [3.8, 4) is 5.75 Å².